The van der Waals surface area contributed by atoms with Crippen molar-refractivity contribution in [2.45, 2.75) is 32.3 Å². The summed E-state index contributed by atoms with van der Waals surface area (Å²) >= 11 is 0. The predicted molar refractivity (Wildman–Crippen MR) is 65.3 cm³/mol. The first-order valence-electron chi connectivity index (χ1n) is 5.84. The van der Waals surface area contributed by atoms with Gasteiger partial charge in [-0.25, -0.2) is 0 Å². The van der Waals surface area contributed by atoms with Gasteiger partial charge in [0, 0.05) is 0 Å². The first-order valence-corrected chi connectivity index (χ1v) is 5.84. The first kappa shape index (κ1) is 15.8. The van der Waals surface area contributed by atoms with Crippen LogP contribution in [0.15, 0.2) is 12.7 Å². The fraction of sp³-hybridized carbons (Fsp3) is 0.615. The minimum absolute atomic E-state index is 0.252. The van der Waals surface area contributed by atoms with Gasteiger partial charge in [-0.05, 0) is 13.3 Å². The minimum Gasteiger partial charge on any atom is -0.465 e. The van der Waals surface area contributed by atoms with Gasteiger partial charge in [-0.3, -0.25) is 4.79 Å². The van der Waals surface area contributed by atoms with Crippen molar-refractivity contribution in [1.82, 2.24) is 0 Å². The lowest BCUT2D eigenvalue weighted by Gasteiger charge is -2.17. The fourth-order valence-corrected chi connectivity index (χ4v) is 1.21. The molecule has 1 radical (unpaired) electrons. The molecule has 0 aliphatic carbocycles. The van der Waals surface area contributed by atoms with E-state index >= 15 is 0 Å². The molecule has 0 aromatic rings. The highest BCUT2D eigenvalue weighted by Gasteiger charge is 2.26. The summed E-state index contributed by atoms with van der Waals surface area (Å²) in [5.41, 5.74) is 0. The van der Waals surface area contributed by atoms with E-state index in [2.05, 4.69) is 20.4 Å². The Balaban J connectivity index is 4.01. The molecule has 0 amide bonds. The molecule has 0 aromatic carbocycles. The summed E-state index contributed by atoms with van der Waals surface area (Å²) in [5, 5.41) is 0. The highest BCUT2D eigenvalue weighted by atomic mass is 16.5. The third-order valence-corrected chi connectivity index (χ3v) is 2.24. The van der Waals surface area contributed by atoms with E-state index in [0.717, 1.165) is 19.3 Å². The molecule has 0 N–H and O–H groups in total. The van der Waals surface area contributed by atoms with Crippen LogP contribution in [0.25, 0.3) is 0 Å². The number of hydrogen-bond donors (Lipinski definition) is 0. The Morgan fingerprint density at radius 2 is 2.12 bits per heavy atom. The molecule has 2 atom stereocenters. The summed E-state index contributed by atoms with van der Waals surface area (Å²) in [6.07, 6.45) is 4.18. The SMILES string of the molecule is [CH2]C(OCC=C)C(C=O)C(=O)OCCCCC. The van der Waals surface area contributed by atoms with Crippen LogP contribution in [0.1, 0.15) is 26.2 Å². The molecule has 2 unspecified atom stereocenters. The van der Waals surface area contributed by atoms with E-state index in [1.807, 2.05) is 0 Å². The second-order valence-corrected chi connectivity index (χ2v) is 3.70. The number of ether oxygens (including phenoxy) is 2. The zero-order valence-electron chi connectivity index (χ0n) is 10.4. The summed E-state index contributed by atoms with van der Waals surface area (Å²) in [4.78, 5) is 22.3. The zero-order chi connectivity index (χ0) is 13.1. The van der Waals surface area contributed by atoms with Gasteiger partial charge in [0.25, 0.3) is 0 Å². The second-order valence-electron chi connectivity index (χ2n) is 3.70. The Labute approximate surface area is 103 Å². The van der Waals surface area contributed by atoms with Gasteiger partial charge in [0.2, 0.25) is 0 Å². The number of rotatable bonds is 10. The maximum atomic E-state index is 11.5. The van der Waals surface area contributed by atoms with Gasteiger partial charge in [-0.2, -0.15) is 0 Å². The Kier molecular flexibility index (Phi) is 9.34. The van der Waals surface area contributed by atoms with Gasteiger partial charge in [0.15, 0.2) is 0 Å². The van der Waals surface area contributed by atoms with Crippen LogP contribution in [0.3, 0.4) is 0 Å². The fourth-order valence-electron chi connectivity index (χ4n) is 1.21. The number of esters is 1. The first-order chi connectivity index (χ1) is 8.17. The Morgan fingerprint density at radius 3 is 2.65 bits per heavy atom. The number of aldehydes is 1. The highest BCUT2D eigenvalue weighted by Crippen LogP contribution is 2.08. The molecule has 0 aliphatic rings. The molecule has 17 heavy (non-hydrogen) atoms. The summed E-state index contributed by atoms with van der Waals surface area (Å²) in [6, 6.07) is 0. The topological polar surface area (TPSA) is 52.6 Å². The van der Waals surface area contributed by atoms with Crippen LogP contribution in [-0.4, -0.2) is 31.6 Å². The Hall–Kier alpha value is -1.16. The van der Waals surface area contributed by atoms with Crippen LogP contribution in [0.4, 0.5) is 0 Å². The standard InChI is InChI=1S/C13H21O4/c1-4-6-7-9-17-13(15)12(10-14)11(3)16-8-5-2/h5,10-12H,2-4,6-9H2,1H3. The van der Waals surface area contributed by atoms with Crippen molar-refractivity contribution in [1.29, 1.82) is 0 Å². The predicted octanol–water partition coefficient (Wildman–Crippen LogP) is 1.94. The molecule has 0 rings (SSSR count). The number of hydrogen-bond acceptors (Lipinski definition) is 4. The van der Waals surface area contributed by atoms with E-state index in [1.165, 1.54) is 6.08 Å². The normalized spacial score (nSPS) is 13.8. The lowest BCUT2D eigenvalue weighted by atomic mass is 10.1. The molecule has 0 spiro atoms. The van der Waals surface area contributed by atoms with Gasteiger partial charge in [0.05, 0.1) is 19.3 Å². The van der Waals surface area contributed by atoms with Crippen molar-refractivity contribution in [3.8, 4) is 0 Å². The minimum atomic E-state index is -0.962. The Bertz CT molecular complexity index is 238. The third kappa shape index (κ3) is 6.89. The van der Waals surface area contributed by atoms with Crippen LogP contribution >= 0.6 is 0 Å². The van der Waals surface area contributed by atoms with Crippen molar-refractivity contribution in [2.24, 2.45) is 5.92 Å². The molecule has 0 heterocycles. The monoisotopic (exact) mass is 241 g/mol. The van der Waals surface area contributed by atoms with Gasteiger partial charge < -0.3 is 14.3 Å². The van der Waals surface area contributed by atoms with Gasteiger partial charge in [-0.15, -0.1) is 6.58 Å². The maximum absolute atomic E-state index is 11.5. The van der Waals surface area contributed by atoms with Crippen molar-refractivity contribution >= 4 is 12.3 Å². The van der Waals surface area contributed by atoms with Crippen LogP contribution in [0.5, 0.6) is 0 Å². The average Bonchev–Trinajstić information content (AvgIpc) is 2.33. The second kappa shape index (κ2) is 10.0. The van der Waals surface area contributed by atoms with Crippen molar-refractivity contribution < 1.29 is 19.1 Å². The molecular formula is C13H21O4. The number of carbonyl (C=O) groups excluding carboxylic acids is 2. The van der Waals surface area contributed by atoms with E-state index in [1.54, 1.807) is 0 Å². The van der Waals surface area contributed by atoms with Crippen molar-refractivity contribution in [2.75, 3.05) is 13.2 Å². The molecule has 97 valence electrons. The van der Waals surface area contributed by atoms with Crippen LogP contribution in [-0.2, 0) is 19.1 Å². The number of unbranched alkanes of at least 4 members (excludes halogenated alkanes) is 2. The van der Waals surface area contributed by atoms with E-state index in [-0.39, 0.29) is 6.61 Å². The largest absolute Gasteiger partial charge is 0.465 e. The zero-order valence-corrected chi connectivity index (χ0v) is 10.4. The highest BCUT2D eigenvalue weighted by molar-refractivity contribution is 5.88. The van der Waals surface area contributed by atoms with E-state index < -0.39 is 18.0 Å². The lowest BCUT2D eigenvalue weighted by molar-refractivity contribution is -0.154. The molecule has 0 saturated heterocycles. The third-order valence-electron chi connectivity index (χ3n) is 2.24. The van der Waals surface area contributed by atoms with E-state index in [9.17, 15) is 9.59 Å². The van der Waals surface area contributed by atoms with Crippen molar-refractivity contribution in [3.63, 3.8) is 0 Å². The summed E-state index contributed by atoms with van der Waals surface area (Å²) in [7, 11) is 0. The molecule has 0 saturated carbocycles. The quantitative estimate of drug-likeness (QED) is 0.193. The van der Waals surface area contributed by atoms with Crippen LogP contribution in [0.2, 0.25) is 0 Å². The average molecular weight is 241 g/mol. The lowest BCUT2D eigenvalue weighted by Crippen LogP contribution is -2.31. The summed E-state index contributed by atoms with van der Waals surface area (Å²) in [5.74, 6) is -1.53. The Morgan fingerprint density at radius 1 is 1.41 bits per heavy atom. The summed E-state index contributed by atoms with van der Waals surface area (Å²) in [6.45, 7) is 9.74. The smallest absolute Gasteiger partial charge is 0.318 e. The van der Waals surface area contributed by atoms with Crippen molar-refractivity contribution in [3.05, 3.63) is 19.6 Å². The van der Waals surface area contributed by atoms with Gasteiger partial charge in [0.1, 0.15) is 12.2 Å². The molecule has 0 aliphatic heterocycles. The molecule has 0 bridgehead atoms. The van der Waals surface area contributed by atoms with Gasteiger partial charge >= 0.3 is 5.97 Å². The molecular weight excluding hydrogens is 220 g/mol. The van der Waals surface area contributed by atoms with E-state index in [0.29, 0.717) is 12.9 Å². The van der Waals surface area contributed by atoms with Gasteiger partial charge in [-0.1, -0.05) is 25.8 Å². The molecule has 0 aromatic heterocycles. The van der Waals surface area contributed by atoms with E-state index in [4.69, 9.17) is 9.47 Å². The molecule has 4 nitrogen and oxygen atoms in total. The molecule has 4 heteroatoms. The summed E-state index contributed by atoms with van der Waals surface area (Å²) < 4.78 is 10.1. The van der Waals surface area contributed by atoms with Crippen LogP contribution < -0.4 is 0 Å². The maximum Gasteiger partial charge on any atom is 0.318 e. The molecule has 0 fully saturated rings. The number of carbonyl (C=O) groups is 2. The van der Waals surface area contributed by atoms with Crippen LogP contribution in [0, 0.1) is 12.8 Å².